The average molecular weight is 476 g/mol. The van der Waals surface area contributed by atoms with Gasteiger partial charge in [0.1, 0.15) is 5.82 Å². The number of halogens is 3. The van der Waals surface area contributed by atoms with Gasteiger partial charge in [-0.25, -0.2) is 9.97 Å². The first-order chi connectivity index (χ1) is 15.7. The van der Waals surface area contributed by atoms with E-state index in [1.54, 1.807) is 0 Å². The normalized spacial score (nSPS) is 16.0. The molecule has 1 saturated heterocycles. The van der Waals surface area contributed by atoms with E-state index in [1.165, 1.54) is 23.0 Å². The van der Waals surface area contributed by atoms with Gasteiger partial charge in [0.2, 0.25) is 5.91 Å². The van der Waals surface area contributed by atoms with Crippen molar-refractivity contribution < 1.29 is 18.0 Å². The van der Waals surface area contributed by atoms with Crippen molar-refractivity contribution in [1.82, 2.24) is 14.9 Å². The van der Waals surface area contributed by atoms with E-state index in [2.05, 4.69) is 15.3 Å². The molecule has 1 amide bonds. The molecule has 0 saturated carbocycles. The van der Waals surface area contributed by atoms with Crippen LogP contribution in [0, 0.1) is 6.92 Å². The number of anilines is 2. The van der Waals surface area contributed by atoms with Crippen LogP contribution in [0.3, 0.4) is 0 Å². The third-order valence-electron chi connectivity index (χ3n) is 5.72. The molecule has 1 aliphatic heterocycles. The number of rotatable bonds is 5. The minimum absolute atomic E-state index is 0.138. The number of hydrogen-bond acceptors (Lipinski definition) is 6. The van der Waals surface area contributed by atoms with Crippen LogP contribution >= 0.6 is 11.3 Å². The monoisotopic (exact) mass is 475 g/mol. The van der Waals surface area contributed by atoms with E-state index in [0.717, 1.165) is 23.5 Å². The lowest BCUT2D eigenvalue weighted by atomic mass is 10.1. The molecule has 33 heavy (non-hydrogen) atoms. The Morgan fingerprint density at radius 3 is 2.39 bits per heavy atom. The maximum atomic E-state index is 12.8. The van der Waals surface area contributed by atoms with Gasteiger partial charge < -0.3 is 10.2 Å². The standard InChI is InChI=1S/C23H24F3N5OS/c1-15-3-5-17(6-4-15)19-14-33-22(28-19)29-21(32)16(2)30-9-11-31(12-10-30)20-8-7-18(13-27-20)23(24,25)26/h3-8,13-14,16H,9-12H2,1-2H3,(H,28,29,32). The lowest BCUT2D eigenvalue weighted by Crippen LogP contribution is -2.53. The van der Waals surface area contributed by atoms with Crippen LogP contribution in [0.2, 0.25) is 0 Å². The fraction of sp³-hybridized carbons (Fsp3) is 0.348. The molecule has 1 aliphatic rings. The van der Waals surface area contributed by atoms with Crippen molar-refractivity contribution in [3.8, 4) is 11.3 Å². The summed E-state index contributed by atoms with van der Waals surface area (Å²) in [6, 6.07) is 10.1. The quantitative estimate of drug-likeness (QED) is 0.581. The highest BCUT2D eigenvalue weighted by Crippen LogP contribution is 2.30. The molecule has 0 radical (unpaired) electrons. The van der Waals surface area contributed by atoms with Gasteiger partial charge in [-0.1, -0.05) is 29.8 Å². The molecule has 0 spiro atoms. The summed E-state index contributed by atoms with van der Waals surface area (Å²) in [5.74, 6) is 0.368. The zero-order chi connectivity index (χ0) is 23.6. The first kappa shape index (κ1) is 23.2. The Bertz CT molecular complexity index is 1090. The van der Waals surface area contributed by atoms with Gasteiger partial charge >= 0.3 is 6.18 Å². The van der Waals surface area contributed by atoms with Crippen LogP contribution < -0.4 is 10.2 Å². The van der Waals surface area contributed by atoms with Gasteiger partial charge in [0.05, 0.1) is 17.3 Å². The topological polar surface area (TPSA) is 61.4 Å². The molecule has 1 N–H and O–H groups in total. The number of nitrogens with one attached hydrogen (secondary N) is 1. The molecule has 3 aromatic rings. The maximum Gasteiger partial charge on any atom is 0.417 e. The van der Waals surface area contributed by atoms with Crippen LogP contribution in [-0.2, 0) is 11.0 Å². The molecule has 3 heterocycles. The van der Waals surface area contributed by atoms with Crippen molar-refractivity contribution in [1.29, 1.82) is 0 Å². The number of amides is 1. The van der Waals surface area contributed by atoms with Crippen LogP contribution in [0.25, 0.3) is 11.3 Å². The minimum atomic E-state index is -4.40. The number of pyridine rings is 1. The number of alkyl halides is 3. The number of carbonyl (C=O) groups is 1. The van der Waals surface area contributed by atoms with Crippen LogP contribution in [0.1, 0.15) is 18.1 Å². The number of benzene rings is 1. The summed E-state index contributed by atoms with van der Waals surface area (Å²) in [5, 5.41) is 5.37. The highest BCUT2D eigenvalue weighted by Gasteiger charge is 2.31. The SMILES string of the molecule is Cc1ccc(-c2csc(NC(=O)C(C)N3CCN(c4ccc(C(F)(F)F)cn4)CC3)n2)cc1. The number of aromatic nitrogens is 2. The van der Waals surface area contributed by atoms with E-state index < -0.39 is 11.7 Å². The summed E-state index contributed by atoms with van der Waals surface area (Å²) in [6.45, 7) is 6.22. The number of aryl methyl sites for hydroxylation is 1. The predicted octanol–water partition coefficient (Wildman–Crippen LogP) is 4.68. The second-order valence-electron chi connectivity index (χ2n) is 7.99. The second kappa shape index (κ2) is 9.48. The van der Waals surface area contributed by atoms with Crippen LogP contribution in [0.5, 0.6) is 0 Å². The Labute approximate surface area is 194 Å². The molecule has 0 bridgehead atoms. The highest BCUT2D eigenvalue weighted by molar-refractivity contribution is 7.14. The Morgan fingerprint density at radius 2 is 1.79 bits per heavy atom. The van der Waals surface area contributed by atoms with E-state index >= 15 is 0 Å². The summed E-state index contributed by atoms with van der Waals surface area (Å²) >= 11 is 1.38. The third-order valence-corrected chi connectivity index (χ3v) is 6.48. The third kappa shape index (κ3) is 5.51. The van der Waals surface area contributed by atoms with Crippen molar-refractivity contribution in [3.05, 3.63) is 59.1 Å². The van der Waals surface area contributed by atoms with Gasteiger partial charge in [-0.2, -0.15) is 13.2 Å². The summed E-state index contributed by atoms with van der Waals surface area (Å²) in [5.41, 5.74) is 2.23. The van der Waals surface area contributed by atoms with Crippen molar-refractivity contribution in [2.75, 3.05) is 36.4 Å². The second-order valence-corrected chi connectivity index (χ2v) is 8.85. The lowest BCUT2D eigenvalue weighted by molar-refractivity contribution is -0.137. The molecule has 174 valence electrons. The van der Waals surface area contributed by atoms with Gasteiger partial charge in [0.25, 0.3) is 0 Å². The van der Waals surface area contributed by atoms with Gasteiger partial charge in [-0.15, -0.1) is 11.3 Å². The smallest absolute Gasteiger partial charge is 0.354 e. The summed E-state index contributed by atoms with van der Waals surface area (Å²) < 4.78 is 38.2. The minimum Gasteiger partial charge on any atom is -0.354 e. The number of nitrogens with zero attached hydrogens (tertiary/aromatic N) is 4. The Balaban J connectivity index is 1.31. The van der Waals surface area contributed by atoms with E-state index in [0.29, 0.717) is 37.1 Å². The molecule has 1 unspecified atom stereocenters. The maximum absolute atomic E-state index is 12.8. The first-order valence-corrected chi connectivity index (χ1v) is 11.4. The van der Waals surface area contributed by atoms with Gasteiger partial charge in [-0.3, -0.25) is 9.69 Å². The molecule has 1 fully saturated rings. The fourth-order valence-electron chi connectivity index (χ4n) is 3.64. The fourth-order valence-corrected chi connectivity index (χ4v) is 4.37. The van der Waals surface area contributed by atoms with Crippen molar-refractivity contribution >= 4 is 28.2 Å². The van der Waals surface area contributed by atoms with E-state index in [1.807, 2.05) is 53.3 Å². The number of thiazole rings is 1. The molecule has 2 aromatic heterocycles. The Morgan fingerprint density at radius 1 is 1.09 bits per heavy atom. The largest absolute Gasteiger partial charge is 0.417 e. The number of piperazine rings is 1. The summed E-state index contributed by atoms with van der Waals surface area (Å²) in [7, 11) is 0. The molecule has 1 atom stereocenters. The van der Waals surface area contributed by atoms with Crippen molar-refractivity contribution in [3.63, 3.8) is 0 Å². The molecule has 4 rings (SSSR count). The zero-order valence-corrected chi connectivity index (χ0v) is 19.1. The predicted molar refractivity (Wildman–Crippen MR) is 123 cm³/mol. The van der Waals surface area contributed by atoms with Crippen molar-refractivity contribution in [2.24, 2.45) is 0 Å². The van der Waals surface area contributed by atoms with Crippen LogP contribution in [0.15, 0.2) is 48.0 Å². The molecular formula is C23H24F3N5OS. The molecule has 6 nitrogen and oxygen atoms in total. The van der Waals surface area contributed by atoms with Crippen LogP contribution in [0.4, 0.5) is 24.1 Å². The Kier molecular flexibility index (Phi) is 6.66. The summed E-state index contributed by atoms with van der Waals surface area (Å²) in [4.78, 5) is 25.2. The van der Waals surface area contributed by atoms with Crippen molar-refractivity contribution in [2.45, 2.75) is 26.1 Å². The molecule has 1 aromatic carbocycles. The van der Waals surface area contributed by atoms with E-state index in [4.69, 9.17) is 0 Å². The van der Waals surface area contributed by atoms with Crippen LogP contribution in [-0.4, -0.2) is 53.0 Å². The van der Waals surface area contributed by atoms with E-state index in [-0.39, 0.29) is 11.9 Å². The number of carbonyl (C=O) groups excluding carboxylic acids is 1. The van der Waals surface area contributed by atoms with Gasteiger partial charge in [0.15, 0.2) is 5.13 Å². The van der Waals surface area contributed by atoms with E-state index in [9.17, 15) is 18.0 Å². The zero-order valence-electron chi connectivity index (χ0n) is 18.3. The van der Waals surface area contributed by atoms with Gasteiger partial charge in [-0.05, 0) is 26.0 Å². The lowest BCUT2D eigenvalue weighted by Gasteiger charge is -2.37. The molecule has 0 aliphatic carbocycles. The highest BCUT2D eigenvalue weighted by atomic mass is 32.1. The first-order valence-electron chi connectivity index (χ1n) is 10.6. The molecular weight excluding hydrogens is 451 g/mol. The number of hydrogen-bond donors (Lipinski definition) is 1. The molecule has 10 heteroatoms. The summed E-state index contributed by atoms with van der Waals surface area (Å²) in [6.07, 6.45) is -3.54. The van der Waals surface area contributed by atoms with Gasteiger partial charge in [0, 0.05) is 43.3 Å². The average Bonchev–Trinajstić information content (AvgIpc) is 3.27. The Hall–Kier alpha value is -2.98.